The van der Waals surface area contributed by atoms with E-state index in [0.717, 1.165) is 11.1 Å². The summed E-state index contributed by atoms with van der Waals surface area (Å²) in [6.45, 7) is -0.365. The first kappa shape index (κ1) is 14.8. The van der Waals surface area contributed by atoms with Gasteiger partial charge in [-0.15, -0.1) is 0 Å². The third kappa shape index (κ3) is 2.30. The van der Waals surface area contributed by atoms with Gasteiger partial charge in [-0.05, 0) is 16.7 Å². The quantitative estimate of drug-likeness (QED) is 0.811. The first-order valence-corrected chi connectivity index (χ1v) is 7.30. The van der Waals surface area contributed by atoms with E-state index in [1.807, 2.05) is 48.5 Å². The van der Waals surface area contributed by atoms with Gasteiger partial charge in [-0.25, -0.2) is 0 Å². The third-order valence-corrected chi connectivity index (χ3v) is 4.53. The Labute approximate surface area is 128 Å². The molecule has 4 heteroatoms. The molecule has 0 saturated heterocycles. The highest BCUT2D eigenvalue weighted by Gasteiger charge is 2.46. The van der Waals surface area contributed by atoms with E-state index < -0.39 is 23.9 Å². The normalized spacial score (nSPS) is 27.2. The summed E-state index contributed by atoms with van der Waals surface area (Å²) in [6, 6.07) is 16.7. The van der Waals surface area contributed by atoms with E-state index in [9.17, 15) is 20.1 Å². The number of aliphatic hydroxyl groups is 2. The number of fused-ring (bicyclic) bond motifs is 1. The number of aliphatic carboxylic acids is 1. The molecule has 0 aromatic heterocycles. The second-order valence-electron chi connectivity index (χ2n) is 5.67. The molecule has 0 saturated carbocycles. The van der Waals surface area contributed by atoms with Crippen molar-refractivity contribution in [2.24, 2.45) is 11.8 Å². The van der Waals surface area contributed by atoms with Crippen LogP contribution in [0.4, 0.5) is 0 Å². The average Bonchev–Trinajstić information content (AvgIpc) is 2.55. The first-order chi connectivity index (χ1) is 10.6. The molecule has 0 fully saturated rings. The smallest absolute Gasteiger partial charge is 0.307 e. The molecule has 0 heterocycles. The Bertz CT molecular complexity index is 668. The summed E-state index contributed by atoms with van der Waals surface area (Å²) in [6.07, 6.45) is -0.970. The lowest BCUT2D eigenvalue weighted by molar-refractivity contribution is -0.148. The van der Waals surface area contributed by atoms with Crippen LogP contribution in [0.15, 0.2) is 54.6 Å². The molecule has 0 bridgehead atoms. The van der Waals surface area contributed by atoms with E-state index in [1.165, 1.54) is 0 Å². The Morgan fingerprint density at radius 1 is 0.955 bits per heavy atom. The van der Waals surface area contributed by atoms with E-state index >= 15 is 0 Å². The van der Waals surface area contributed by atoms with Gasteiger partial charge < -0.3 is 15.3 Å². The van der Waals surface area contributed by atoms with E-state index in [1.54, 1.807) is 6.07 Å². The maximum atomic E-state index is 11.8. The SMILES string of the molecule is O=C(O)[C@@H]1[C@H](c2ccccc2)c2ccccc2[C@@H](O)[C@@H]1CO. The van der Waals surface area contributed by atoms with Gasteiger partial charge in [-0.2, -0.15) is 0 Å². The minimum absolute atomic E-state index is 0.365. The molecular weight excluding hydrogens is 280 g/mol. The van der Waals surface area contributed by atoms with Crippen LogP contribution >= 0.6 is 0 Å². The standard InChI is InChI=1S/C18H18O4/c19-10-14-16(18(21)22)15(11-6-2-1-3-7-11)12-8-4-5-9-13(12)17(14)20/h1-9,14-17,19-20H,10H2,(H,21,22)/t14-,15-,16+,17-/m1/s1. The number of rotatable bonds is 3. The van der Waals surface area contributed by atoms with Gasteiger partial charge in [0.25, 0.3) is 0 Å². The van der Waals surface area contributed by atoms with E-state index in [2.05, 4.69) is 0 Å². The fourth-order valence-corrected chi connectivity index (χ4v) is 3.52. The highest BCUT2D eigenvalue weighted by molar-refractivity contribution is 5.74. The zero-order valence-corrected chi connectivity index (χ0v) is 12.0. The third-order valence-electron chi connectivity index (χ3n) is 4.53. The summed E-state index contributed by atoms with van der Waals surface area (Å²) in [5.41, 5.74) is 2.40. The van der Waals surface area contributed by atoms with Crippen LogP contribution in [-0.4, -0.2) is 27.9 Å². The lowest BCUT2D eigenvalue weighted by Gasteiger charge is -2.40. The molecule has 22 heavy (non-hydrogen) atoms. The average molecular weight is 298 g/mol. The Hall–Kier alpha value is -2.17. The van der Waals surface area contributed by atoms with Crippen LogP contribution in [0.5, 0.6) is 0 Å². The van der Waals surface area contributed by atoms with Gasteiger partial charge in [0.1, 0.15) is 0 Å². The van der Waals surface area contributed by atoms with Crippen LogP contribution in [0, 0.1) is 11.8 Å². The number of hydrogen-bond donors (Lipinski definition) is 3. The second-order valence-corrected chi connectivity index (χ2v) is 5.67. The fraction of sp³-hybridized carbons (Fsp3) is 0.278. The molecule has 0 unspecified atom stereocenters. The lowest BCUT2D eigenvalue weighted by Crippen LogP contribution is -2.40. The number of carbonyl (C=O) groups is 1. The van der Waals surface area contributed by atoms with Crippen LogP contribution < -0.4 is 0 Å². The van der Waals surface area contributed by atoms with Crippen molar-refractivity contribution in [1.29, 1.82) is 0 Å². The molecule has 0 aliphatic heterocycles. The molecule has 1 aliphatic rings. The molecule has 0 radical (unpaired) electrons. The summed E-state index contributed by atoms with van der Waals surface area (Å²) in [4.78, 5) is 11.8. The Morgan fingerprint density at radius 3 is 2.14 bits per heavy atom. The molecule has 3 N–H and O–H groups in total. The minimum Gasteiger partial charge on any atom is -0.481 e. The second kappa shape index (κ2) is 5.91. The number of aliphatic hydroxyl groups excluding tert-OH is 2. The maximum Gasteiger partial charge on any atom is 0.307 e. The summed E-state index contributed by atoms with van der Waals surface area (Å²) in [5, 5.41) is 29.8. The Balaban J connectivity index is 2.22. The maximum absolute atomic E-state index is 11.8. The molecule has 3 rings (SSSR count). The highest BCUT2D eigenvalue weighted by Crippen LogP contribution is 2.48. The molecule has 4 nitrogen and oxygen atoms in total. The van der Waals surface area contributed by atoms with Gasteiger partial charge in [0.2, 0.25) is 0 Å². The minimum atomic E-state index is -0.999. The number of carboxylic acid groups (broad SMARTS) is 1. The van der Waals surface area contributed by atoms with Crippen LogP contribution in [0.25, 0.3) is 0 Å². The lowest BCUT2D eigenvalue weighted by atomic mass is 9.65. The van der Waals surface area contributed by atoms with Crippen LogP contribution in [0.2, 0.25) is 0 Å². The number of benzene rings is 2. The molecule has 2 aromatic carbocycles. The summed E-state index contributed by atoms with van der Waals surface area (Å²) >= 11 is 0. The number of carboxylic acids is 1. The van der Waals surface area contributed by atoms with Crippen molar-refractivity contribution < 1.29 is 20.1 Å². The van der Waals surface area contributed by atoms with Crippen LogP contribution in [0.3, 0.4) is 0 Å². The van der Waals surface area contributed by atoms with E-state index in [0.29, 0.717) is 5.56 Å². The molecular formula is C18H18O4. The topological polar surface area (TPSA) is 77.8 Å². The van der Waals surface area contributed by atoms with Crippen LogP contribution in [-0.2, 0) is 4.79 Å². The van der Waals surface area contributed by atoms with Gasteiger partial charge in [0.15, 0.2) is 0 Å². The van der Waals surface area contributed by atoms with Crippen molar-refractivity contribution in [2.75, 3.05) is 6.61 Å². The van der Waals surface area contributed by atoms with Gasteiger partial charge in [0.05, 0.1) is 12.0 Å². The van der Waals surface area contributed by atoms with Crippen molar-refractivity contribution in [3.63, 3.8) is 0 Å². The van der Waals surface area contributed by atoms with E-state index in [4.69, 9.17) is 0 Å². The predicted molar refractivity (Wildman–Crippen MR) is 81.4 cm³/mol. The van der Waals surface area contributed by atoms with Gasteiger partial charge in [-0.1, -0.05) is 54.6 Å². The van der Waals surface area contributed by atoms with E-state index in [-0.39, 0.29) is 12.5 Å². The molecule has 0 amide bonds. The van der Waals surface area contributed by atoms with Crippen molar-refractivity contribution >= 4 is 5.97 Å². The molecule has 1 aliphatic carbocycles. The van der Waals surface area contributed by atoms with Crippen molar-refractivity contribution in [2.45, 2.75) is 12.0 Å². The monoisotopic (exact) mass is 298 g/mol. The van der Waals surface area contributed by atoms with Gasteiger partial charge in [0, 0.05) is 18.4 Å². The summed E-state index contributed by atoms with van der Waals surface area (Å²) < 4.78 is 0. The Kier molecular flexibility index (Phi) is 3.96. The largest absolute Gasteiger partial charge is 0.481 e. The fourth-order valence-electron chi connectivity index (χ4n) is 3.52. The highest BCUT2D eigenvalue weighted by atomic mass is 16.4. The van der Waals surface area contributed by atoms with Crippen molar-refractivity contribution in [1.82, 2.24) is 0 Å². The van der Waals surface area contributed by atoms with Crippen molar-refractivity contribution in [3.05, 3.63) is 71.3 Å². The van der Waals surface area contributed by atoms with Crippen LogP contribution in [0.1, 0.15) is 28.7 Å². The number of hydrogen-bond acceptors (Lipinski definition) is 3. The predicted octanol–water partition coefficient (Wildman–Crippen LogP) is 2.17. The molecule has 4 atom stereocenters. The first-order valence-electron chi connectivity index (χ1n) is 7.30. The molecule has 2 aromatic rings. The van der Waals surface area contributed by atoms with Gasteiger partial charge >= 0.3 is 5.97 Å². The summed E-state index contributed by atoms with van der Waals surface area (Å²) in [5.74, 6) is -2.97. The zero-order valence-electron chi connectivity index (χ0n) is 12.0. The van der Waals surface area contributed by atoms with Crippen molar-refractivity contribution in [3.8, 4) is 0 Å². The summed E-state index contributed by atoms with van der Waals surface area (Å²) in [7, 11) is 0. The Morgan fingerprint density at radius 2 is 1.55 bits per heavy atom. The molecule has 0 spiro atoms. The molecule has 114 valence electrons. The van der Waals surface area contributed by atoms with Gasteiger partial charge in [-0.3, -0.25) is 4.79 Å². The zero-order chi connectivity index (χ0) is 15.7.